The van der Waals surface area contributed by atoms with Crippen LogP contribution in [0.15, 0.2) is 6.20 Å². The number of halogens is 2. The van der Waals surface area contributed by atoms with Crippen molar-refractivity contribution in [2.45, 2.75) is 0 Å². The molecule has 5 nitrogen and oxygen atoms in total. The average molecular weight is 166 g/mol. The second-order valence-corrected chi connectivity index (χ2v) is 1.96. The summed E-state index contributed by atoms with van der Waals surface area (Å²) in [6, 6.07) is 0. The van der Waals surface area contributed by atoms with Crippen LogP contribution in [0, 0.1) is 0 Å². The molecule has 0 radical (unpaired) electrons. The van der Waals surface area contributed by atoms with Crippen molar-refractivity contribution in [3.8, 4) is 0 Å². The predicted molar refractivity (Wildman–Crippen MR) is 31.8 cm³/mol. The van der Waals surface area contributed by atoms with Crippen LogP contribution in [0.2, 0.25) is 0 Å². The van der Waals surface area contributed by atoms with Gasteiger partial charge in [-0.15, -0.1) is 10.2 Å². The average Bonchev–Trinajstić information content (AvgIpc) is 1.90. The minimum atomic E-state index is 0.244. The maximum Gasteiger partial charge on any atom is 0.203 e. The molecule has 0 fully saturated rings. The van der Waals surface area contributed by atoms with Crippen LogP contribution < -0.4 is 3.94 Å². The van der Waals surface area contributed by atoms with E-state index in [9.17, 15) is 0 Å². The molecular formula is C2HCl2N5. The summed E-state index contributed by atoms with van der Waals surface area (Å²) in [6.45, 7) is 0. The van der Waals surface area contributed by atoms with Crippen LogP contribution in [0.4, 0.5) is 5.82 Å². The predicted octanol–water partition coefficient (Wildman–Crippen LogP) is 0.381. The van der Waals surface area contributed by atoms with E-state index in [4.69, 9.17) is 23.6 Å². The van der Waals surface area contributed by atoms with Crippen LogP contribution in [-0.2, 0) is 0 Å². The van der Waals surface area contributed by atoms with Gasteiger partial charge in [0.15, 0.2) is 0 Å². The van der Waals surface area contributed by atoms with Crippen LogP contribution in [0.5, 0.6) is 0 Å². The second-order valence-electron chi connectivity index (χ2n) is 1.11. The lowest BCUT2D eigenvalue weighted by Crippen LogP contribution is -1.99. The zero-order chi connectivity index (χ0) is 6.69. The van der Waals surface area contributed by atoms with E-state index >= 15 is 0 Å². The highest BCUT2D eigenvalue weighted by atomic mass is 35.5. The molecule has 1 aromatic rings. The smallest absolute Gasteiger partial charge is 0.171 e. The Morgan fingerprint density at radius 1 is 1.33 bits per heavy atom. The molecule has 0 spiro atoms. The van der Waals surface area contributed by atoms with E-state index in [1.807, 2.05) is 0 Å². The molecule has 0 aliphatic carbocycles. The standard InChI is InChI=1S/C2HCl2N5/c3-9(4)2-1-5-7-8-6-2/h1H. The van der Waals surface area contributed by atoms with E-state index in [2.05, 4.69) is 20.6 Å². The van der Waals surface area contributed by atoms with Gasteiger partial charge in [-0.05, 0) is 10.4 Å². The molecule has 9 heavy (non-hydrogen) atoms. The highest BCUT2D eigenvalue weighted by Crippen LogP contribution is 2.10. The SMILES string of the molecule is ClN(Cl)c1cnnnn1. The van der Waals surface area contributed by atoms with E-state index < -0.39 is 0 Å². The minimum absolute atomic E-state index is 0.244. The molecule has 0 aliphatic heterocycles. The third-order valence-electron chi connectivity index (χ3n) is 0.585. The molecule has 0 saturated carbocycles. The van der Waals surface area contributed by atoms with E-state index in [1.54, 1.807) is 0 Å². The van der Waals surface area contributed by atoms with Gasteiger partial charge in [0.2, 0.25) is 5.82 Å². The third kappa shape index (κ3) is 1.62. The molecule has 0 aromatic carbocycles. The molecule has 0 saturated heterocycles. The number of aromatic nitrogens is 4. The van der Waals surface area contributed by atoms with Crippen molar-refractivity contribution < 1.29 is 0 Å². The summed E-state index contributed by atoms with van der Waals surface area (Å²) in [4.78, 5) is 0. The molecule has 0 N–H and O–H groups in total. The van der Waals surface area contributed by atoms with Crippen LogP contribution in [-0.4, -0.2) is 20.6 Å². The Kier molecular flexibility index (Phi) is 1.96. The summed E-state index contributed by atoms with van der Waals surface area (Å²) < 4.78 is 0.752. The Bertz CT molecular complexity index is 176. The first-order valence-electron chi connectivity index (χ1n) is 1.93. The molecule has 0 atom stereocenters. The van der Waals surface area contributed by atoms with Gasteiger partial charge >= 0.3 is 0 Å². The quantitative estimate of drug-likeness (QED) is 0.564. The van der Waals surface area contributed by atoms with Crippen molar-refractivity contribution in [1.82, 2.24) is 20.6 Å². The van der Waals surface area contributed by atoms with Crippen LogP contribution in [0.1, 0.15) is 0 Å². The van der Waals surface area contributed by atoms with E-state index in [-0.39, 0.29) is 5.82 Å². The molecule has 1 aromatic heterocycles. The van der Waals surface area contributed by atoms with E-state index in [0.29, 0.717) is 0 Å². The first-order chi connectivity index (χ1) is 4.30. The third-order valence-corrected chi connectivity index (χ3v) is 0.932. The van der Waals surface area contributed by atoms with E-state index in [0.717, 1.165) is 3.94 Å². The molecule has 0 bridgehead atoms. The molecule has 0 amide bonds. The van der Waals surface area contributed by atoms with Gasteiger partial charge in [-0.25, -0.2) is 0 Å². The summed E-state index contributed by atoms with van der Waals surface area (Å²) in [5.74, 6) is 0.244. The highest BCUT2D eigenvalue weighted by Gasteiger charge is 1.98. The van der Waals surface area contributed by atoms with E-state index in [1.165, 1.54) is 6.20 Å². The van der Waals surface area contributed by atoms with Crippen LogP contribution in [0.25, 0.3) is 0 Å². The Morgan fingerprint density at radius 3 is 2.44 bits per heavy atom. The fraction of sp³-hybridized carbons (Fsp3) is 0. The van der Waals surface area contributed by atoms with Crippen molar-refractivity contribution in [3.63, 3.8) is 0 Å². The molecule has 1 rings (SSSR count). The van der Waals surface area contributed by atoms with Crippen LogP contribution >= 0.6 is 23.6 Å². The largest absolute Gasteiger partial charge is 0.203 e. The lowest BCUT2D eigenvalue weighted by molar-refractivity contribution is 0.765. The fourth-order valence-electron chi connectivity index (χ4n) is 0.270. The maximum absolute atomic E-state index is 5.23. The molecule has 7 heteroatoms. The second kappa shape index (κ2) is 2.75. The number of anilines is 1. The van der Waals surface area contributed by atoms with Gasteiger partial charge in [0.1, 0.15) is 0 Å². The fourth-order valence-corrected chi connectivity index (χ4v) is 0.425. The summed E-state index contributed by atoms with van der Waals surface area (Å²) in [5.41, 5.74) is 0. The Labute approximate surface area is 60.8 Å². The minimum Gasteiger partial charge on any atom is -0.171 e. The first kappa shape index (κ1) is 6.44. The Balaban J connectivity index is 2.85. The van der Waals surface area contributed by atoms with Gasteiger partial charge in [0, 0.05) is 23.6 Å². The van der Waals surface area contributed by atoms with Crippen LogP contribution in [0.3, 0.4) is 0 Å². The van der Waals surface area contributed by atoms with Gasteiger partial charge in [-0.2, -0.15) is 3.94 Å². The number of hydrogen-bond acceptors (Lipinski definition) is 5. The highest BCUT2D eigenvalue weighted by molar-refractivity contribution is 6.49. The first-order valence-corrected chi connectivity index (χ1v) is 2.61. The zero-order valence-corrected chi connectivity index (χ0v) is 5.58. The topological polar surface area (TPSA) is 54.8 Å². The van der Waals surface area contributed by atoms with Crippen molar-refractivity contribution in [1.29, 1.82) is 0 Å². The van der Waals surface area contributed by atoms with Gasteiger partial charge in [-0.3, -0.25) is 0 Å². The number of nitrogens with zero attached hydrogens (tertiary/aromatic N) is 5. The normalized spacial score (nSPS) is 9.11. The van der Waals surface area contributed by atoms with Crippen molar-refractivity contribution in [3.05, 3.63) is 6.20 Å². The monoisotopic (exact) mass is 165 g/mol. The lowest BCUT2D eigenvalue weighted by Gasteiger charge is -1.97. The van der Waals surface area contributed by atoms with Gasteiger partial charge in [0.25, 0.3) is 0 Å². The molecule has 0 aliphatic rings. The number of rotatable bonds is 1. The van der Waals surface area contributed by atoms with Gasteiger partial charge < -0.3 is 0 Å². The van der Waals surface area contributed by atoms with Crippen molar-refractivity contribution in [2.75, 3.05) is 3.94 Å². The number of hydrogen-bond donors (Lipinski definition) is 0. The zero-order valence-electron chi connectivity index (χ0n) is 4.07. The maximum atomic E-state index is 5.23. The summed E-state index contributed by atoms with van der Waals surface area (Å²) >= 11 is 10.5. The molecule has 0 unspecified atom stereocenters. The molecule has 48 valence electrons. The Morgan fingerprint density at radius 2 is 2.11 bits per heavy atom. The van der Waals surface area contributed by atoms with Gasteiger partial charge in [0.05, 0.1) is 6.20 Å². The summed E-state index contributed by atoms with van der Waals surface area (Å²) in [7, 11) is 0. The Hall–Kier alpha value is -0.680. The molecule has 1 heterocycles. The molecular weight excluding hydrogens is 165 g/mol. The summed E-state index contributed by atoms with van der Waals surface area (Å²) in [5, 5.41) is 13.1. The lowest BCUT2D eigenvalue weighted by atomic mass is 10.8. The van der Waals surface area contributed by atoms with Crippen molar-refractivity contribution >= 4 is 29.4 Å². The summed E-state index contributed by atoms with van der Waals surface area (Å²) in [6.07, 6.45) is 1.28. The van der Waals surface area contributed by atoms with Crippen molar-refractivity contribution in [2.24, 2.45) is 0 Å². The van der Waals surface area contributed by atoms with Gasteiger partial charge in [-0.1, -0.05) is 0 Å².